The zero-order valence-electron chi connectivity index (χ0n) is 16.8. The largest absolute Gasteiger partial charge is 0.481 e. The summed E-state index contributed by atoms with van der Waals surface area (Å²) >= 11 is 0. The molecule has 0 saturated heterocycles. The van der Waals surface area contributed by atoms with Crippen LogP contribution in [0.3, 0.4) is 0 Å². The van der Waals surface area contributed by atoms with Crippen LogP contribution in [0.4, 0.5) is 5.69 Å². The van der Waals surface area contributed by atoms with E-state index in [2.05, 4.69) is 10.5 Å². The van der Waals surface area contributed by atoms with E-state index in [1.807, 2.05) is 27.7 Å². The van der Waals surface area contributed by atoms with Gasteiger partial charge in [-0.2, -0.15) is 0 Å². The summed E-state index contributed by atoms with van der Waals surface area (Å²) in [4.78, 5) is 41.4. The average molecular weight is 420 g/mol. The normalized spacial score (nSPS) is 11.4. The molecule has 0 heterocycles. The average Bonchev–Trinajstić information content (AvgIpc) is 2.61. The maximum Gasteiger partial charge on any atom is 0.362 e. The standard InChI is InChI=1S/C20H25N2O6P/c1-12(2)21-20(23)18-10-15(5-6-19(18)22-24)9-17-13(3)7-16(8-14(17)4)28-11-29(25,26)27/h5-8,10,12H,9,11H2,1-4H3,(H,21,23)(H2,25,26,27). The molecule has 0 aliphatic heterocycles. The Hall–Kier alpha value is -2.54. The van der Waals surface area contributed by atoms with Crippen molar-refractivity contribution >= 4 is 19.2 Å². The van der Waals surface area contributed by atoms with Crippen molar-refractivity contribution in [2.75, 3.05) is 6.35 Å². The second-order valence-electron chi connectivity index (χ2n) is 7.22. The van der Waals surface area contributed by atoms with Crippen LogP contribution in [0.1, 0.15) is 46.5 Å². The van der Waals surface area contributed by atoms with E-state index in [0.29, 0.717) is 12.2 Å². The molecule has 0 aliphatic rings. The van der Waals surface area contributed by atoms with Gasteiger partial charge in [-0.1, -0.05) is 6.07 Å². The van der Waals surface area contributed by atoms with Crippen LogP contribution in [0, 0.1) is 18.8 Å². The first-order chi connectivity index (χ1) is 13.5. The number of amides is 1. The van der Waals surface area contributed by atoms with Gasteiger partial charge in [0.15, 0.2) is 6.35 Å². The van der Waals surface area contributed by atoms with Crippen molar-refractivity contribution in [1.29, 1.82) is 0 Å². The summed E-state index contributed by atoms with van der Waals surface area (Å²) < 4.78 is 16.2. The third-order valence-corrected chi connectivity index (χ3v) is 4.74. The summed E-state index contributed by atoms with van der Waals surface area (Å²) in [6, 6.07) is 8.29. The van der Waals surface area contributed by atoms with Gasteiger partial charge in [0.2, 0.25) is 0 Å². The van der Waals surface area contributed by atoms with Crippen LogP contribution in [-0.4, -0.2) is 28.1 Å². The third kappa shape index (κ3) is 6.49. The lowest BCUT2D eigenvalue weighted by Crippen LogP contribution is -2.30. The first-order valence-corrected chi connectivity index (χ1v) is 10.8. The molecule has 2 rings (SSSR count). The highest BCUT2D eigenvalue weighted by molar-refractivity contribution is 7.51. The minimum Gasteiger partial charge on any atom is -0.481 e. The van der Waals surface area contributed by atoms with Gasteiger partial charge < -0.3 is 19.8 Å². The molecule has 0 aromatic heterocycles. The highest BCUT2D eigenvalue weighted by atomic mass is 31.2. The van der Waals surface area contributed by atoms with Crippen molar-refractivity contribution < 1.29 is 23.9 Å². The second kappa shape index (κ2) is 9.31. The molecule has 0 radical (unpaired) electrons. The van der Waals surface area contributed by atoms with E-state index < -0.39 is 13.9 Å². The fraction of sp³-hybridized carbons (Fsp3) is 0.350. The van der Waals surface area contributed by atoms with Crippen LogP contribution in [-0.2, 0) is 11.0 Å². The molecule has 0 aliphatic carbocycles. The highest BCUT2D eigenvalue weighted by Crippen LogP contribution is 2.35. The van der Waals surface area contributed by atoms with Crippen molar-refractivity contribution in [3.05, 3.63) is 63.1 Å². The Morgan fingerprint density at radius 2 is 1.79 bits per heavy atom. The summed E-state index contributed by atoms with van der Waals surface area (Å²) in [7, 11) is -4.26. The number of carbonyl (C=O) groups is 1. The Labute approximate surface area is 169 Å². The zero-order chi connectivity index (χ0) is 21.8. The number of aryl methyl sites for hydroxylation is 2. The summed E-state index contributed by atoms with van der Waals surface area (Å²) in [5, 5.41) is 5.71. The molecule has 3 N–H and O–H groups in total. The lowest BCUT2D eigenvalue weighted by molar-refractivity contribution is 0.0943. The number of nitrogens with zero attached hydrogens (tertiary/aromatic N) is 1. The molecule has 156 valence electrons. The molecule has 0 fully saturated rings. The van der Waals surface area contributed by atoms with E-state index in [0.717, 1.165) is 22.3 Å². The zero-order valence-corrected chi connectivity index (χ0v) is 17.7. The van der Waals surface area contributed by atoms with Crippen molar-refractivity contribution in [3.63, 3.8) is 0 Å². The van der Waals surface area contributed by atoms with E-state index in [1.165, 1.54) is 6.07 Å². The molecule has 29 heavy (non-hydrogen) atoms. The van der Waals surface area contributed by atoms with Crippen LogP contribution in [0.15, 0.2) is 35.5 Å². The van der Waals surface area contributed by atoms with Gasteiger partial charge in [-0.05, 0) is 85.8 Å². The number of rotatable bonds is 8. The predicted octanol–water partition coefficient (Wildman–Crippen LogP) is 3.94. The lowest BCUT2D eigenvalue weighted by atomic mass is 9.94. The Balaban J connectivity index is 2.30. The molecule has 0 atom stereocenters. The van der Waals surface area contributed by atoms with Crippen molar-refractivity contribution in [2.45, 2.75) is 40.2 Å². The summed E-state index contributed by atoms with van der Waals surface area (Å²) in [5.74, 6) is 0.0238. The number of hydrogen-bond acceptors (Lipinski definition) is 5. The number of benzene rings is 2. The van der Waals surface area contributed by atoms with Gasteiger partial charge in [0.05, 0.1) is 5.56 Å². The summed E-state index contributed by atoms with van der Waals surface area (Å²) in [6.45, 7) is 7.41. The summed E-state index contributed by atoms with van der Waals surface area (Å²) in [6.07, 6.45) is -0.169. The summed E-state index contributed by atoms with van der Waals surface area (Å²) in [5.41, 5.74) is 3.91. The quantitative estimate of drug-likeness (QED) is 0.439. The monoisotopic (exact) mass is 420 g/mol. The van der Waals surface area contributed by atoms with Gasteiger partial charge >= 0.3 is 7.60 Å². The van der Waals surface area contributed by atoms with E-state index in [-0.39, 0.29) is 23.2 Å². The Bertz CT molecular complexity index is 944. The third-order valence-electron chi connectivity index (χ3n) is 4.27. The topological polar surface area (TPSA) is 125 Å². The van der Waals surface area contributed by atoms with E-state index in [4.69, 9.17) is 14.5 Å². The van der Waals surface area contributed by atoms with Crippen LogP contribution in [0.2, 0.25) is 0 Å². The molecule has 0 bridgehead atoms. The van der Waals surface area contributed by atoms with Gasteiger partial charge in [-0.25, -0.2) is 0 Å². The SMILES string of the molecule is Cc1cc(OCP(=O)(O)O)cc(C)c1Cc1ccc(N=O)c(C(=O)NC(C)C)c1. The predicted molar refractivity (Wildman–Crippen MR) is 111 cm³/mol. The molecule has 8 nitrogen and oxygen atoms in total. The van der Waals surface area contributed by atoms with Crippen molar-refractivity contribution in [2.24, 2.45) is 5.18 Å². The van der Waals surface area contributed by atoms with Gasteiger partial charge in [-0.3, -0.25) is 9.36 Å². The van der Waals surface area contributed by atoms with Crippen molar-refractivity contribution in [3.8, 4) is 5.75 Å². The molecule has 9 heteroatoms. The molecular weight excluding hydrogens is 395 g/mol. The Morgan fingerprint density at radius 1 is 1.17 bits per heavy atom. The highest BCUT2D eigenvalue weighted by Gasteiger charge is 2.17. The molecule has 0 unspecified atom stereocenters. The number of nitrogens with one attached hydrogen (secondary N) is 1. The van der Waals surface area contributed by atoms with E-state index in [9.17, 15) is 14.3 Å². The van der Waals surface area contributed by atoms with Crippen LogP contribution >= 0.6 is 7.60 Å². The minimum absolute atomic E-state index is 0.0733. The fourth-order valence-electron chi connectivity index (χ4n) is 2.97. The lowest BCUT2D eigenvalue weighted by Gasteiger charge is -2.15. The number of ether oxygens (including phenoxy) is 1. The molecule has 0 saturated carbocycles. The van der Waals surface area contributed by atoms with Crippen LogP contribution < -0.4 is 10.1 Å². The Morgan fingerprint density at radius 3 is 2.31 bits per heavy atom. The van der Waals surface area contributed by atoms with Gasteiger partial charge in [-0.15, -0.1) is 4.91 Å². The number of nitroso groups, excluding NO2 is 1. The van der Waals surface area contributed by atoms with Crippen LogP contribution in [0.5, 0.6) is 5.75 Å². The van der Waals surface area contributed by atoms with Gasteiger partial charge in [0.1, 0.15) is 11.4 Å². The second-order valence-corrected chi connectivity index (χ2v) is 8.81. The molecule has 0 spiro atoms. The van der Waals surface area contributed by atoms with Gasteiger partial charge in [0.25, 0.3) is 5.91 Å². The Kier molecular flexibility index (Phi) is 7.30. The van der Waals surface area contributed by atoms with Crippen LogP contribution in [0.25, 0.3) is 0 Å². The molecule has 1 amide bonds. The number of carbonyl (C=O) groups excluding carboxylic acids is 1. The molecule has 2 aromatic rings. The maximum atomic E-state index is 12.4. The minimum atomic E-state index is -4.26. The first kappa shape index (κ1) is 22.7. The fourth-order valence-corrected chi connectivity index (χ4v) is 3.29. The molecule has 2 aromatic carbocycles. The first-order valence-electron chi connectivity index (χ1n) is 9.05. The van der Waals surface area contributed by atoms with Gasteiger partial charge in [0, 0.05) is 6.04 Å². The molecular formula is C20H25N2O6P. The van der Waals surface area contributed by atoms with E-state index in [1.54, 1.807) is 24.3 Å². The smallest absolute Gasteiger partial charge is 0.362 e. The maximum absolute atomic E-state index is 12.4. The van der Waals surface area contributed by atoms with E-state index >= 15 is 0 Å². The number of hydrogen-bond donors (Lipinski definition) is 3. The van der Waals surface area contributed by atoms with Crippen molar-refractivity contribution in [1.82, 2.24) is 5.32 Å².